The van der Waals surface area contributed by atoms with Crippen LogP contribution in [0, 0.1) is 0 Å². The fourth-order valence-corrected chi connectivity index (χ4v) is 2.17. The summed E-state index contributed by atoms with van der Waals surface area (Å²) in [6, 6.07) is 9.16. The van der Waals surface area contributed by atoms with Gasteiger partial charge in [-0.1, -0.05) is 6.07 Å². The summed E-state index contributed by atoms with van der Waals surface area (Å²) in [6.45, 7) is 6.16. The Morgan fingerprint density at radius 3 is 2.65 bits per heavy atom. The molecule has 0 aliphatic rings. The maximum Gasteiger partial charge on any atom is 0.255 e. The highest BCUT2D eigenvalue weighted by Gasteiger charge is 2.15. The summed E-state index contributed by atoms with van der Waals surface area (Å²) in [5, 5.41) is 11.3. The quantitative estimate of drug-likeness (QED) is 0.808. The van der Waals surface area contributed by atoms with Gasteiger partial charge in [0.15, 0.2) is 0 Å². The smallest absolute Gasteiger partial charge is 0.255 e. The van der Waals surface area contributed by atoms with Crippen molar-refractivity contribution in [3.8, 4) is 5.69 Å². The second kappa shape index (κ2) is 5.72. The Hall–Kier alpha value is -2.89. The van der Waals surface area contributed by atoms with Crippen molar-refractivity contribution in [2.45, 2.75) is 26.3 Å². The second-order valence-corrected chi connectivity index (χ2v) is 6.30. The van der Waals surface area contributed by atoms with Gasteiger partial charge < -0.3 is 5.32 Å². The minimum atomic E-state index is -0.174. The molecule has 23 heavy (non-hydrogen) atoms. The number of benzene rings is 1. The predicted molar refractivity (Wildman–Crippen MR) is 88.7 cm³/mol. The molecule has 118 valence electrons. The van der Waals surface area contributed by atoms with Crippen molar-refractivity contribution < 1.29 is 4.79 Å². The first kappa shape index (κ1) is 15.0. The summed E-state index contributed by atoms with van der Waals surface area (Å²) in [4.78, 5) is 12.4. The molecule has 0 spiro atoms. The zero-order valence-electron chi connectivity index (χ0n) is 13.4. The summed E-state index contributed by atoms with van der Waals surface area (Å²) in [6.07, 6.45) is 7.02. The standard InChI is InChI=1S/C17H19N5O/c1-17(2,3)22-12-14(11-19-22)20-16(23)13-6-4-7-15(10-13)21-9-5-8-18-21/h4-12H,1-3H3,(H,20,23). The van der Waals surface area contributed by atoms with Crippen LogP contribution in [0.1, 0.15) is 31.1 Å². The largest absolute Gasteiger partial charge is 0.319 e. The summed E-state index contributed by atoms with van der Waals surface area (Å²) < 4.78 is 3.54. The first-order chi connectivity index (χ1) is 10.9. The van der Waals surface area contributed by atoms with E-state index in [1.165, 1.54) is 0 Å². The zero-order chi connectivity index (χ0) is 16.4. The second-order valence-electron chi connectivity index (χ2n) is 6.30. The Bertz CT molecular complexity index is 812. The molecule has 2 aromatic heterocycles. The molecule has 2 heterocycles. The molecule has 6 heteroatoms. The fraction of sp³-hybridized carbons (Fsp3) is 0.235. The molecule has 0 aliphatic carbocycles. The highest BCUT2D eigenvalue weighted by molar-refractivity contribution is 6.04. The number of carbonyl (C=O) groups is 1. The lowest BCUT2D eigenvalue weighted by Gasteiger charge is -2.18. The topological polar surface area (TPSA) is 64.7 Å². The van der Waals surface area contributed by atoms with Crippen LogP contribution in [0.4, 0.5) is 5.69 Å². The van der Waals surface area contributed by atoms with Crippen LogP contribution in [-0.2, 0) is 5.54 Å². The summed E-state index contributed by atoms with van der Waals surface area (Å²) >= 11 is 0. The van der Waals surface area contributed by atoms with Crippen LogP contribution in [0.5, 0.6) is 0 Å². The average molecular weight is 309 g/mol. The number of nitrogens with one attached hydrogen (secondary N) is 1. The molecule has 1 aromatic carbocycles. The van der Waals surface area contributed by atoms with Crippen LogP contribution in [0.15, 0.2) is 55.1 Å². The van der Waals surface area contributed by atoms with Gasteiger partial charge in [-0.15, -0.1) is 0 Å². The van der Waals surface area contributed by atoms with Crippen molar-refractivity contribution in [2.24, 2.45) is 0 Å². The van der Waals surface area contributed by atoms with Crippen molar-refractivity contribution in [1.82, 2.24) is 19.6 Å². The molecule has 3 aromatic rings. The average Bonchev–Trinajstić information content (AvgIpc) is 3.18. The summed E-state index contributed by atoms with van der Waals surface area (Å²) in [7, 11) is 0. The minimum Gasteiger partial charge on any atom is -0.319 e. The van der Waals surface area contributed by atoms with Crippen LogP contribution < -0.4 is 5.32 Å². The number of rotatable bonds is 3. The van der Waals surface area contributed by atoms with Crippen molar-refractivity contribution in [3.63, 3.8) is 0 Å². The molecule has 0 bridgehead atoms. The third kappa shape index (κ3) is 3.31. The lowest BCUT2D eigenvalue weighted by molar-refractivity contribution is 0.102. The Morgan fingerprint density at radius 1 is 1.17 bits per heavy atom. The number of hydrogen-bond acceptors (Lipinski definition) is 3. The molecule has 0 atom stereocenters. The van der Waals surface area contributed by atoms with Crippen LogP contribution >= 0.6 is 0 Å². The number of aromatic nitrogens is 4. The first-order valence-corrected chi connectivity index (χ1v) is 7.40. The molecule has 0 unspecified atom stereocenters. The molecular formula is C17H19N5O. The Balaban J connectivity index is 1.79. The van der Waals surface area contributed by atoms with Crippen LogP contribution in [0.25, 0.3) is 5.69 Å². The van der Waals surface area contributed by atoms with E-state index in [0.29, 0.717) is 11.3 Å². The summed E-state index contributed by atoms with van der Waals surface area (Å²) in [5.74, 6) is -0.174. The van der Waals surface area contributed by atoms with Gasteiger partial charge in [0.25, 0.3) is 5.91 Å². The van der Waals surface area contributed by atoms with Gasteiger partial charge in [0, 0.05) is 24.2 Å². The van der Waals surface area contributed by atoms with Gasteiger partial charge in [0.05, 0.1) is 23.1 Å². The predicted octanol–water partition coefficient (Wildman–Crippen LogP) is 3.08. The molecule has 6 nitrogen and oxygen atoms in total. The number of amides is 1. The van der Waals surface area contributed by atoms with E-state index in [1.807, 2.05) is 35.3 Å². The first-order valence-electron chi connectivity index (χ1n) is 7.40. The SMILES string of the molecule is CC(C)(C)n1cc(NC(=O)c2cccc(-n3cccn3)c2)cn1. The number of nitrogens with zero attached hydrogens (tertiary/aromatic N) is 4. The van der Waals surface area contributed by atoms with Crippen molar-refractivity contribution in [1.29, 1.82) is 0 Å². The zero-order valence-corrected chi connectivity index (χ0v) is 13.4. The summed E-state index contributed by atoms with van der Waals surface area (Å²) in [5.41, 5.74) is 1.96. The normalized spacial score (nSPS) is 11.4. The van der Waals surface area contributed by atoms with Gasteiger partial charge in [-0.3, -0.25) is 9.48 Å². The lowest BCUT2D eigenvalue weighted by Crippen LogP contribution is -2.22. The van der Waals surface area contributed by atoms with Crippen LogP contribution in [0.3, 0.4) is 0 Å². The molecule has 0 aliphatic heterocycles. The highest BCUT2D eigenvalue weighted by Crippen LogP contribution is 2.17. The molecule has 0 radical (unpaired) electrons. The van der Waals surface area contributed by atoms with Crippen LogP contribution in [0.2, 0.25) is 0 Å². The van der Waals surface area contributed by atoms with Crippen molar-refractivity contribution in [3.05, 3.63) is 60.7 Å². The molecule has 0 saturated carbocycles. The Labute approximate surface area is 134 Å². The molecular weight excluding hydrogens is 290 g/mol. The molecule has 0 fully saturated rings. The maximum atomic E-state index is 12.4. The Morgan fingerprint density at radius 2 is 2.00 bits per heavy atom. The van der Waals surface area contributed by atoms with Gasteiger partial charge >= 0.3 is 0 Å². The molecule has 0 saturated heterocycles. The highest BCUT2D eigenvalue weighted by atomic mass is 16.1. The van der Waals surface area contributed by atoms with E-state index in [2.05, 4.69) is 36.3 Å². The number of hydrogen-bond donors (Lipinski definition) is 1. The molecule has 1 N–H and O–H groups in total. The maximum absolute atomic E-state index is 12.4. The third-order valence-corrected chi connectivity index (χ3v) is 3.41. The monoisotopic (exact) mass is 309 g/mol. The van der Waals surface area contributed by atoms with E-state index < -0.39 is 0 Å². The van der Waals surface area contributed by atoms with E-state index in [-0.39, 0.29) is 11.4 Å². The minimum absolute atomic E-state index is 0.122. The van der Waals surface area contributed by atoms with E-state index in [0.717, 1.165) is 5.69 Å². The Kier molecular flexibility index (Phi) is 3.73. The van der Waals surface area contributed by atoms with E-state index in [9.17, 15) is 4.79 Å². The van der Waals surface area contributed by atoms with Gasteiger partial charge in [0.2, 0.25) is 0 Å². The van der Waals surface area contributed by atoms with E-state index in [1.54, 1.807) is 29.2 Å². The lowest BCUT2D eigenvalue weighted by atomic mass is 10.1. The fourth-order valence-electron chi connectivity index (χ4n) is 2.17. The van der Waals surface area contributed by atoms with Crippen molar-refractivity contribution in [2.75, 3.05) is 5.32 Å². The van der Waals surface area contributed by atoms with E-state index >= 15 is 0 Å². The molecule has 1 amide bonds. The van der Waals surface area contributed by atoms with Gasteiger partial charge in [-0.25, -0.2) is 4.68 Å². The third-order valence-electron chi connectivity index (χ3n) is 3.41. The van der Waals surface area contributed by atoms with Crippen LogP contribution in [-0.4, -0.2) is 25.5 Å². The van der Waals surface area contributed by atoms with Gasteiger partial charge in [0.1, 0.15) is 0 Å². The number of anilines is 1. The van der Waals surface area contributed by atoms with Gasteiger partial charge in [-0.05, 0) is 45.0 Å². The number of carbonyl (C=O) groups excluding carboxylic acids is 1. The van der Waals surface area contributed by atoms with Crippen molar-refractivity contribution >= 4 is 11.6 Å². The molecule has 3 rings (SSSR count). The van der Waals surface area contributed by atoms with E-state index in [4.69, 9.17) is 0 Å². The van der Waals surface area contributed by atoms with Gasteiger partial charge in [-0.2, -0.15) is 10.2 Å².